The number of nitrogens with one attached hydrogen (secondary N) is 2. The van der Waals surface area contributed by atoms with Gasteiger partial charge in [0, 0.05) is 37.3 Å². The van der Waals surface area contributed by atoms with Crippen molar-refractivity contribution < 1.29 is 9.59 Å². The van der Waals surface area contributed by atoms with Gasteiger partial charge < -0.3 is 20.4 Å². The summed E-state index contributed by atoms with van der Waals surface area (Å²) in [6.45, 7) is 8.23. The van der Waals surface area contributed by atoms with Gasteiger partial charge in [-0.1, -0.05) is 154 Å². The smallest absolute Gasteiger partial charge is 0.225 e. The Labute approximate surface area is 313 Å². The molecule has 2 amide bonds. The van der Waals surface area contributed by atoms with Gasteiger partial charge in [0.2, 0.25) is 11.8 Å². The van der Waals surface area contributed by atoms with Gasteiger partial charge in [0.1, 0.15) is 0 Å². The Bertz CT molecular complexity index is 1040. The second-order valence-electron chi connectivity index (χ2n) is 15.1. The molecular weight excluding hydrogens is 629 g/mol. The van der Waals surface area contributed by atoms with Crippen LogP contribution in [0.5, 0.6) is 0 Å². The third kappa shape index (κ3) is 24.2. The Kier molecular flexibility index (Phi) is 26.0. The molecule has 2 N–H and O–H groups in total. The van der Waals surface area contributed by atoms with Gasteiger partial charge in [-0.05, 0) is 81.8 Å². The first kappa shape index (κ1) is 44.5. The summed E-state index contributed by atoms with van der Waals surface area (Å²) in [6.07, 6.45) is 28.8. The van der Waals surface area contributed by atoms with Crippen LogP contribution >= 0.6 is 0 Å². The fourth-order valence-electron chi connectivity index (χ4n) is 6.64. The molecule has 6 heteroatoms. The molecule has 0 aliphatic heterocycles. The predicted octanol–water partition coefficient (Wildman–Crippen LogP) is 11.6. The average Bonchev–Trinajstić information content (AvgIpc) is 3.13. The molecule has 0 saturated carbocycles. The lowest BCUT2D eigenvalue weighted by Gasteiger charge is -2.16. The third-order valence-electron chi connectivity index (χ3n) is 10.1. The number of hydrogen-bond donors (Lipinski definition) is 2. The number of carbonyl (C=O) groups is 2. The van der Waals surface area contributed by atoms with Crippen LogP contribution in [-0.4, -0.2) is 61.9 Å². The monoisotopic (exact) mass is 705 g/mol. The summed E-state index contributed by atoms with van der Waals surface area (Å²) >= 11 is 0. The van der Waals surface area contributed by atoms with Crippen LogP contribution in [0.25, 0.3) is 0 Å². The van der Waals surface area contributed by atoms with Crippen LogP contribution < -0.4 is 10.6 Å². The largest absolute Gasteiger partial charge is 0.326 e. The van der Waals surface area contributed by atoms with E-state index in [1.54, 1.807) is 0 Å². The second-order valence-corrected chi connectivity index (χ2v) is 15.1. The summed E-state index contributed by atoms with van der Waals surface area (Å²) in [5.74, 6) is 0.132. The van der Waals surface area contributed by atoms with E-state index in [9.17, 15) is 9.59 Å². The highest BCUT2D eigenvalue weighted by Gasteiger charge is 2.08. The second kappa shape index (κ2) is 29.8. The molecule has 2 aromatic rings. The normalized spacial score (nSPS) is 11.4. The van der Waals surface area contributed by atoms with Crippen LogP contribution in [0.4, 0.5) is 11.4 Å². The van der Waals surface area contributed by atoms with E-state index in [0.717, 1.165) is 44.0 Å². The molecule has 0 fully saturated rings. The van der Waals surface area contributed by atoms with Crippen LogP contribution in [0.3, 0.4) is 0 Å². The lowest BCUT2D eigenvalue weighted by Crippen LogP contribution is -2.25. The Morgan fingerprint density at radius 1 is 0.431 bits per heavy atom. The standard InChI is InChI=1S/C45H76N4O2/c1-5-7-9-11-13-15-17-19-21-23-35-48(3)37-33-44(50)46-42-29-25-40(26-30-42)39-41-27-31-43(32-28-41)47-45(51)34-38-49(4)36-24-22-20-18-16-14-12-10-8-6-2/h25-32H,5-24,33-39H2,1-4H3,(H,46,50)(H,47,51). The van der Waals surface area contributed by atoms with Gasteiger partial charge in [-0.15, -0.1) is 0 Å². The van der Waals surface area contributed by atoms with Gasteiger partial charge in [0.15, 0.2) is 0 Å². The number of amides is 2. The first-order chi connectivity index (χ1) is 24.9. The first-order valence-corrected chi connectivity index (χ1v) is 21.0. The molecule has 0 aliphatic rings. The number of anilines is 2. The highest BCUT2D eigenvalue weighted by molar-refractivity contribution is 5.91. The minimum atomic E-state index is 0.0658. The van der Waals surface area contributed by atoms with Crippen molar-refractivity contribution in [3.63, 3.8) is 0 Å². The summed E-state index contributed by atoms with van der Waals surface area (Å²) in [6, 6.07) is 16.3. The summed E-state index contributed by atoms with van der Waals surface area (Å²) in [4.78, 5) is 29.7. The molecule has 0 atom stereocenters. The molecule has 0 bridgehead atoms. The van der Waals surface area contributed by atoms with Crippen LogP contribution in [0.15, 0.2) is 48.5 Å². The highest BCUT2D eigenvalue weighted by atomic mass is 16.2. The van der Waals surface area contributed by atoms with Crippen molar-refractivity contribution >= 4 is 23.2 Å². The van der Waals surface area contributed by atoms with Crippen LogP contribution in [-0.2, 0) is 16.0 Å². The van der Waals surface area contributed by atoms with Crippen LogP contribution in [0.1, 0.15) is 166 Å². The van der Waals surface area contributed by atoms with Crippen molar-refractivity contribution in [2.24, 2.45) is 0 Å². The molecule has 6 nitrogen and oxygen atoms in total. The Morgan fingerprint density at radius 3 is 1.04 bits per heavy atom. The molecule has 0 saturated heterocycles. The molecule has 2 rings (SSSR count). The van der Waals surface area contributed by atoms with Gasteiger partial charge in [-0.25, -0.2) is 0 Å². The number of benzene rings is 2. The maximum atomic E-state index is 12.6. The van der Waals surface area contributed by atoms with Gasteiger partial charge in [0.25, 0.3) is 0 Å². The molecule has 0 aliphatic carbocycles. The fraction of sp³-hybridized carbons (Fsp3) is 0.689. The summed E-state index contributed by atoms with van der Waals surface area (Å²) in [7, 11) is 4.24. The van der Waals surface area contributed by atoms with Crippen molar-refractivity contribution in [1.29, 1.82) is 0 Å². The number of hydrogen-bond acceptors (Lipinski definition) is 4. The fourth-order valence-corrected chi connectivity index (χ4v) is 6.64. The van der Waals surface area contributed by atoms with E-state index in [4.69, 9.17) is 0 Å². The van der Waals surface area contributed by atoms with Crippen molar-refractivity contribution in [3.05, 3.63) is 59.7 Å². The zero-order chi connectivity index (χ0) is 36.8. The molecule has 0 aromatic heterocycles. The SMILES string of the molecule is CCCCCCCCCCCCN(C)CCC(=O)Nc1ccc(Cc2ccc(NC(=O)CCN(C)CCCCCCCCCCCC)cc2)cc1. The molecule has 288 valence electrons. The number of rotatable bonds is 32. The number of nitrogens with zero attached hydrogens (tertiary/aromatic N) is 2. The predicted molar refractivity (Wildman–Crippen MR) is 221 cm³/mol. The first-order valence-electron chi connectivity index (χ1n) is 21.0. The van der Waals surface area contributed by atoms with Crippen molar-refractivity contribution in [2.45, 2.75) is 162 Å². The quantitative estimate of drug-likeness (QED) is 0.0744. The van der Waals surface area contributed by atoms with Gasteiger partial charge in [-0.2, -0.15) is 0 Å². The van der Waals surface area contributed by atoms with E-state index in [2.05, 4.69) is 72.6 Å². The van der Waals surface area contributed by atoms with Gasteiger partial charge in [-0.3, -0.25) is 9.59 Å². The highest BCUT2D eigenvalue weighted by Crippen LogP contribution is 2.17. The average molecular weight is 705 g/mol. The van der Waals surface area contributed by atoms with Crippen molar-refractivity contribution in [1.82, 2.24) is 9.80 Å². The molecule has 0 heterocycles. The van der Waals surface area contributed by atoms with Gasteiger partial charge >= 0.3 is 0 Å². The lowest BCUT2D eigenvalue weighted by molar-refractivity contribution is -0.117. The van der Waals surface area contributed by atoms with Crippen LogP contribution in [0.2, 0.25) is 0 Å². The summed E-state index contributed by atoms with van der Waals surface area (Å²) < 4.78 is 0. The molecule has 0 radical (unpaired) electrons. The molecule has 0 unspecified atom stereocenters. The number of carbonyl (C=O) groups excluding carboxylic acids is 2. The van der Waals surface area contributed by atoms with E-state index in [-0.39, 0.29) is 11.8 Å². The van der Waals surface area contributed by atoms with Gasteiger partial charge in [0.05, 0.1) is 0 Å². The van der Waals surface area contributed by atoms with E-state index >= 15 is 0 Å². The topological polar surface area (TPSA) is 64.7 Å². The molecular formula is C45H76N4O2. The molecule has 0 spiro atoms. The minimum absolute atomic E-state index is 0.0658. The minimum Gasteiger partial charge on any atom is -0.326 e. The number of unbranched alkanes of at least 4 members (excludes halogenated alkanes) is 18. The zero-order valence-corrected chi connectivity index (χ0v) is 33.4. The summed E-state index contributed by atoms with van der Waals surface area (Å²) in [5, 5.41) is 6.11. The maximum Gasteiger partial charge on any atom is 0.225 e. The summed E-state index contributed by atoms with van der Waals surface area (Å²) in [5.41, 5.74) is 4.06. The van der Waals surface area contributed by atoms with E-state index < -0.39 is 0 Å². The third-order valence-corrected chi connectivity index (χ3v) is 10.1. The zero-order valence-electron chi connectivity index (χ0n) is 33.4. The Morgan fingerprint density at radius 2 is 0.725 bits per heavy atom. The lowest BCUT2D eigenvalue weighted by atomic mass is 10.0. The van der Waals surface area contributed by atoms with E-state index in [1.807, 2.05) is 24.3 Å². The molecule has 51 heavy (non-hydrogen) atoms. The molecule has 2 aromatic carbocycles. The van der Waals surface area contributed by atoms with Crippen molar-refractivity contribution in [2.75, 3.05) is 50.9 Å². The van der Waals surface area contributed by atoms with Crippen molar-refractivity contribution in [3.8, 4) is 0 Å². The van der Waals surface area contributed by atoms with E-state index in [0.29, 0.717) is 12.8 Å². The maximum absolute atomic E-state index is 12.6. The Balaban J connectivity index is 1.54. The van der Waals surface area contributed by atoms with Crippen LogP contribution in [0, 0.1) is 0 Å². The Hall–Kier alpha value is -2.70. The van der Waals surface area contributed by atoms with E-state index in [1.165, 1.54) is 140 Å².